The Morgan fingerprint density at radius 2 is 2.09 bits per heavy atom. The van der Waals surface area contributed by atoms with Crippen LogP contribution in [-0.2, 0) is 0 Å². The highest BCUT2D eigenvalue weighted by atomic mass is 16.2. The zero-order valence-corrected chi connectivity index (χ0v) is 7.16. The molecule has 0 radical (unpaired) electrons. The minimum absolute atomic E-state index is 0.187. The summed E-state index contributed by atoms with van der Waals surface area (Å²) in [5.41, 5.74) is 0. The first-order chi connectivity index (χ1) is 5.33. The zero-order chi connectivity index (χ0) is 8.10. The van der Waals surface area contributed by atoms with Crippen LogP contribution in [0.5, 0.6) is 0 Å². The molecule has 64 valence electrons. The maximum atomic E-state index is 8.55. The maximum Gasteiger partial charge on any atom is 0.0612 e. The SMILES string of the molecule is CN1CCC(/C=C/CO)CC1. The third kappa shape index (κ3) is 3.04. The van der Waals surface area contributed by atoms with Gasteiger partial charge in [-0.15, -0.1) is 0 Å². The van der Waals surface area contributed by atoms with Crippen LogP contribution in [0.3, 0.4) is 0 Å². The molecule has 1 aliphatic rings. The number of piperidine rings is 1. The zero-order valence-electron chi connectivity index (χ0n) is 7.16. The summed E-state index contributed by atoms with van der Waals surface area (Å²) in [6, 6.07) is 0. The van der Waals surface area contributed by atoms with E-state index in [0.717, 1.165) is 0 Å². The van der Waals surface area contributed by atoms with Crippen molar-refractivity contribution in [3.05, 3.63) is 12.2 Å². The number of nitrogens with zero attached hydrogens (tertiary/aromatic N) is 1. The normalized spacial score (nSPS) is 23.1. The second-order valence-corrected chi connectivity index (χ2v) is 3.25. The van der Waals surface area contributed by atoms with Gasteiger partial charge >= 0.3 is 0 Å². The molecule has 0 unspecified atom stereocenters. The molecule has 0 bridgehead atoms. The van der Waals surface area contributed by atoms with Crippen molar-refractivity contribution in [1.29, 1.82) is 0 Å². The van der Waals surface area contributed by atoms with E-state index in [-0.39, 0.29) is 6.61 Å². The molecular formula is C9H17NO. The fraction of sp³-hybridized carbons (Fsp3) is 0.778. The van der Waals surface area contributed by atoms with E-state index in [9.17, 15) is 0 Å². The van der Waals surface area contributed by atoms with E-state index >= 15 is 0 Å². The number of rotatable bonds is 2. The van der Waals surface area contributed by atoms with E-state index in [0.29, 0.717) is 5.92 Å². The molecular weight excluding hydrogens is 138 g/mol. The fourth-order valence-corrected chi connectivity index (χ4v) is 1.47. The first-order valence-corrected chi connectivity index (χ1v) is 4.29. The molecule has 0 aromatic heterocycles. The highest BCUT2D eigenvalue weighted by Gasteiger charge is 2.12. The van der Waals surface area contributed by atoms with E-state index in [2.05, 4.69) is 18.0 Å². The summed E-state index contributed by atoms with van der Waals surface area (Å²) >= 11 is 0. The highest BCUT2D eigenvalue weighted by molar-refractivity contribution is 4.90. The van der Waals surface area contributed by atoms with E-state index in [1.165, 1.54) is 25.9 Å². The molecule has 1 aliphatic heterocycles. The summed E-state index contributed by atoms with van der Waals surface area (Å²) in [7, 11) is 2.16. The van der Waals surface area contributed by atoms with E-state index in [4.69, 9.17) is 5.11 Å². The number of aliphatic hydroxyl groups excluding tert-OH is 1. The smallest absolute Gasteiger partial charge is 0.0612 e. The molecule has 0 aromatic rings. The lowest BCUT2D eigenvalue weighted by Gasteiger charge is -2.26. The molecule has 1 N–H and O–H groups in total. The Kier molecular flexibility index (Phi) is 3.60. The molecule has 0 amide bonds. The van der Waals surface area contributed by atoms with Gasteiger partial charge in [0.05, 0.1) is 6.61 Å². The number of aliphatic hydroxyl groups is 1. The summed E-state index contributed by atoms with van der Waals surface area (Å²) < 4.78 is 0. The summed E-state index contributed by atoms with van der Waals surface area (Å²) in [5, 5.41) is 8.55. The molecule has 1 rings (SSSR count). The second kappa shape index (κ2) is 4.52. The third-order valence-electron chi connectivity index (χ3n) is 2.28. The quantitative estimate of drug-likeness (QED) is 0.598. The monoisotopic (exact) mass is 155 g/mol. The van der Waals surface area contributed by atoms with Crippen LogP contribution in [0.2, 0.25) is 0 Å². The summed E-state index contributed by atoms with van der Waals surface area (Å²) in [4.78, 5) is 2.35. The van der Waals surface area contributed by atoms with Crippen LogP contribution < -0.4 is 0 Å². The van der Waals surface area contributed by atoms with Gasteiger partial charge in [-0.2, -0.15) is 0 Å². The van der Waals surface area contributed by atoms with Crippen molar-refractivity contribution in [2.24, 2.45) is 5.92 Å². The summed E-state index contributed by atoms with van der Waals surface area (Å²) in [6.07, 6.45) is 6.49. The van der Waals surface area contributed by atoms with Gasteiger partial charge in [0.2, 0.25) is 0 Å². The Bertz CT molecular complexity index is 126. The average molecular weight is 155 g/mol. The van der Waals surface area contributed by atoms with Gasteiger partial charge in [-0.1, -0.05) is 12.2 Å². The van der Waals surface area contributed by atoms with Crippen molar-refractivity contribution in [1.82, 2.24) is 4.90 Å². The predicted molar refractivity (Wildman–Crippen MR) is 46.4 cm³/mol. The van der Waals surface area contributed by atoms with Crippen LogP contribution in [0.15, 0.2) is 12.2 Å². The molecule has 0 spiro atoms. The molecule has 2 nitrogen and oxygen atoms in total. The number of hydrogen-bond donors (Lipinski definition) is 1. The van der Waals surface area contributed by atoms with Gasteiger partial charge in [0, 0.05) is 0 Å². The van der Waals surface area contributed by atoms with Gasteiger partial charge in [-0.05, 0) is 38.9 Å². The molecule has 1 heterocycles. The lowest BCUT2D eigenvalue weighted by Crippen LogP contribution is -2.29. The van der Waals surface area contributed by atoms with Gasteiger partial charge in [-0.25, -0.2) is 0 Å². The molecule has 2 heteroatoms. The lowest BCUT2D eigenvalue weighted by molar-refractivity contribution is 0.243. The van der Waals surface area contributed by atoms with Crippen molar-refractivity contribution < 1.29 is 5.11 Å². The largest absolute Gasteiger partial charge is 0.392 e. The maximum absolute atomic E-state index is 8.55. The van der Waals surface area contributed by atoms with Crippen molar-refractivity contribution in [2.45, 2.75) is 12.8 Å². The van der Waals surface area contributed by atoms with Gasteiger partial charge in [0.1, 0.15) is 0 Å². The van der Waals surface area contributed by atoms with Gasteiger partial charge in [0.25, 0.3) is 0 Å². The molecule has 11 heavy (non-hydrogen) atoms. The van der Waals surface area contributed by atoms with Gasteiger partial charge in [-0.3, -0.25) is 0 Å². The van der Waals surface area contributed by atoms with Crippen molar-refractivity contribution in [2.75, 3.05) is 26.7 Å². The Morgan fingerprint density at radius 1 is 1.45 bits per heavy atom. The fourth-order valence-electron chi connectivity index (χ4n) is 1.47. The third-order valence-corrected chi connectivity index (χ3v) is 2.28. The van der Waals surface area contributed by atoms with Crippen molar-refractivity contribution >= 4 is 0 Å². The Hall–Kier alpha value is -0.340. The standard InChI is InChI=1S/C9H17NO/c1-10-6-4-9(5-7-10)3-2-8-11/h2-3,9,11H,4-8H2,1H3/b3-2+. The van der Waals surface area contributed by atoms with E-state index < -0.39 is 0 Å². The number of hydrogen-bond acceptors (Lipinski definition) is 2. The molecule has 0 aromatic carbocycles. The number of allylic oxidation sites excluding steroid dienone is 1. The van der Waals surface area contributed by atoms with Gasteiger partial charge in [0.15, 0.2) is 0 Å². The van der Waals surface area contributed by atoms with Crippen LogP contribution in [0, 0.1) is 5.92 Å². The average Bonchev–Trinajstić information content (AvgIpc) is 2.04. The molecule has 1 saturated heterocycles. The van der Waals surface area contributed by atoms with Crippen LogP contribution in [0.4, 0.5) is 0 Å². The molecule has 0 aliphatic carbocycles. The van der Waals surface area contributed by atoms with E-state index in [1.54, 1.807) is 0 Å². The van der Waals surface area contributed by atoms with Crippen molar-refractivity contribution in [3.8, 4) is 0 Å². The van der Waals surface area contributed by atoms with E-state index in [1.807, 2.05) is 6.08 Å². The highest BCUT2D eigenvalue weighted by Crippen LogP contribution is 2.16. The first kappa shape index (κ1) is 8.75. The Morgan fingerprint density at radius 3 is 2.64 bits per heavy atom. The molecule has 1 fully saturated rings. The van der Waals surface area contributed by atoms with Crippen LogP contribution >= 0.6 is 0 Å². The summed E-state index contributed by atoms with van der Waals surface area (Å²) in [6.45, 7) is 2.58. The summed E-state index contributed by atoms with van der Waals surface area (Å²) in [5.74, 6) is 0.707. The van der Waals surface area contributed by atoms with Crippen molar-refractivity contribution in [3.63, 3.8) is 0 Å². The number of likely N-dealkylation sites (tertiary alicyclic amines) is 1. The molecule has 0 atom stereocenters. The predicted octanol–water partition coefficient (Wildman–Crippen LogP) is 0.877. The van der Waals surface area contributed by atoms with Gasteiger partial charge < -0.3 is 10.0 Å². The Labute approximate surface area is 68.5 Å². The minimum atomic E-state index is 0.187. The lowest BCUT2D eigenvalue weighted by atomic mass is 9.97. The van der Waals surface area contributed by atoms with Crippen LogP contribution in [0.25, 0.3) is 0 Å². The van der Waals surface area contributed by atoms with Crippen LogP contribution in [0.1, 0.15) is 12.8 Å². The van der Waals surface area contributed by atoms with Crippen LogP contribution in [-0.4, -0.2) is 36.8 Å². The minimum Gasteiger partial charge on any atom is -0.392 e. The molecule has 0 saturated carbocycles. The topological polar surface area (TPSA) is 23.5 Å². The first-order valence-electron chi connectivity index (χ1n) is 4.29. The second-order valence-electron chi connectivity index (χ2n) is 3.25. The Balaban J connectivity index is 2.22.